The SMILES string of the molecule is CC(CSSCC(C)C(=O)OC1CC[C@]2(C)C3=C(CC[C@H]2C1(C)C)[C@]1(C)CC[C@H]([C@H](C)CCCC(C)(C)OC(=O)CCSSCCC(=O)O)[C@@]1(C)CC3)C(=O)O. The topological polar surface area (TPSA) is 127 Å². The van der Waals surface area contributed by atoms with Crippen LogP contribution in [0.3, 0.4) is 0 Å². The van der Waals surface area contributed by atoms with Gasteiger partial charge in [-0.1, -0.05) is 116 Å². The molecule has 2 N–H and O–H groups in total. The van der Waals surface area contributed by atoms with Crippen LogP contribution in [0.5, 0.6) is 0 Å². The van der Waals surface area contributed by atoms with E-state index in [1.165, 1.54) is 58.1 Å². The van der Waals surface area contributed by atoms with Gasteiger partial charge in [0.2, 0.25) is 0 Å². The summed E-state index contributed by atoms with van der Waals surface area (Å²) in [5.74, 6) is 1.49. The number of carboxylic acids is 2. The van der Waals surface area contributed by atoms with E-state index in [-0.39, 0.29) is 52.0 Å². The highest BCUT2D eigenvalue weighted by Gasteiger charge is 2.63. The van der Waals surface area contributed by atoms with Crippen LogP contribution in [0.4, 0.5) is 0 Å². The summed E-state index contributed by atoms with van der Waals surface area (Å²) in [7, 11) is 6.11. The summed E-state index contributed by atoms with van der Waals surface area (Å²) in [5.41, 5.74) is 3.45. The minimum absolute atomic E-state index is 0.100. The van der Waals surface area contributed by atoms with Crippen molar-refractivity contribution in [3.8, 4) is 0 Å². The van der Waals surface area contributed by atoms with Gasteiger partial charge in [0.15, 0.2) is 0 Å². The number of aliphatic carboxylic acids is 2. The van der Waals surface area contributed by atoms with Gasteiger partial charge < -0.3 is 19.7 Å². The smallest absolute Gasteiger partial charge is 0.309 e. The fraction of sp³-hybridized carbons (Fsp3) is 0.864. The van der Waals surface area contributed by atoms with Gasteiger partial charge in [-0.25, -0.2) is 0 Å². The van der Waals surface area contributed by atoms with Crippen molar-refractivity contribution in [2.45, 2.75) is 164 Å². The van der Waals surface area contributed by atoms with E-state index in [0.29, 0.717) is 47.2 Å². The Labute approximate surface area is 353 Å². The second-order valence-electron chi connectivity index (χ2n) is 19.5. The highest BCUT2D eigenvalue weighted by Crippen LogP contribution is 2.72. The van der Waals surface area contributed by atoms with Gasteiger partial charge in [-0.3, -0.25) is 19.2 Å². The van der Waals surface area contributed by atoms with Gasteiger partial charge in [0.05, 0.1) is 24.7 Å². The first kappa shape index (κ1) is 47.7. The molecule has 4 aliphatic carbocycles. The number of esters is 2. The van der Waals surface area contributed by atoms with Gasteiger partial charge in [-0.15, -0.1) is 0 Å². The van der Waals surface area contributed by atoms with Crippen molar-refractivity contribution in [2.75, 3.05) is 23.0 Å². The van der Waals surface area contributed by atoms with E-state index in [2.05, 4.69) is 41.5 Å². The van der Waals surface area contributed by atoms with Crippen molar-refractivity contribution < 1.29 is 38.9 Å². The predicted octanol–water partition coefficient (Wildman–Crippen LogP) is 11.8. The van der Waals surface area contributed by atoms with E-state index in [4.69, 9.17) is 19.7 Å². The van der Waals surface area contributed by atoms with Crippen molar-refractivity contribution in [2.24, 2.45) is 51.2 Å². The standard InChI is InChI=1S/C44H72O8S4/c1-28(12-11-20-40(4,5)52-37(47)19-25-54-53-24-18-36(45)46)31-15-22-44(10)33-13-14-34-41(6,7)35(17-21-42(34,8)32(33)16-23-43(31,44)9)51-39(50)30(3)27-56-55-26-29(2)38(48)49/h28-31,34-35H,11-27H2,1-10H3,(H,45,46)(H,48,49)/t28-,29?,30?,31-,34+,35?,42-,43-,44+/m1/s1. The molecule has 0 aromatic carbocycles. The molecule has 0 aromatic rings. The molecule has 0 saturated heterocycles. The molecule has 2 saturated carbocycles. The number of hydrogen-bond donors (Lipinski definition) is 2. The molecule has 12 heteroatoms. The average Bonchev–Trinajstić information content (AvgIpc) is 3.39. The quantitative estimate of drug-likeness (QED) is 0.0494. The molecule has 0 aliphatic heterocycles. The first-order valence-electron chi connectivity index (χ1n) is 21.2. The minimum Gasteiger partial charge on any atom is -0.481 e. The zero-order chi connectivity index (χ0) is 41.7. The molecule has 4 rings (SSSR count). The largest absolute Gasteiger partial charge is 0.481 e. The summed E-state index contributed by atoms with van der Waals surface area (Å²) in [6.45, 7) is 22.6. The van der Waals surface area contributed by atoms with Gasteiger partial charge in [0, 0.05) is 28.4 Å². The highest BCUT2D eigenvalue weighted by molar-refractivity contribution is 8.77. The molecule has 0 amide bonds. The van der Waals surface area contributed by atoms with Crippen LogP contribution < -0.4 is 0 Å². The molecular formula is C44H72O8S4. The Bertz CT molecular complexity index is 1450. The zero-order valence-corrected chi connectivity index (χ0v) is 39.2. The third kappa shape index (κ3) is 10.8. The second kappa shape index (κ2) is 19.6. The molecule has 0 bridgehead atoms. The lowest BCUT2D eigenvalue weighted by Crippen LogP contribution is -2.56. The summed E-state index contributed by atoms with van der Waals surface area (Å²) in [5, 5.41) is 17.9. The van der Waals surface area contributed by atoms with E-state index in [9.17, 15) is 19.2 Å². The Morgan fingerprint density at radius 1 is 0.804 bits per heavy atom. The molecule has 9 atom stereocenters. The maximum atomic E-state index is 13.3. The summed E-state index contributed by atoms with van der Waals surface area (Å²) < 4.78 is 12.3. The van der Waals surface area contributed by atoms with Crippen molar-refractivity contribution in [1.82, 2.24) is 0 Å². The number of ether oxygens (including phenoxy) is 2. The Hall–Kier alpha value is -0.980. The Kier molecular flexibility index (Phi) is 16.7. The van der Waals surface area contributed by atoms with Crippen LogP contribution in [0.25, 0.3) is 0 Å². The maximum Gasteiger partial charge on any atom is 0.309 e. The summed E-state index contributed by atoms with van der Waals surface area (Å²) >= 11 is 0. The Morgan fingerprint density at radius 3 is 2.09 bits per heavy atom. The molecule has 0 aromatic heterocycles. The van der Waals surface area contributed by atoms with Gasteiger partial charge in [-0.05, 0) is 112 Å². The molecule has 0 radical (unpaired) electrons. The molecule has 3 unspecified atom stereocenters. The zero-order valence-electron chi connectivity index (χ0n) is 36.0. The molecular weight excluding hydrogens is 785 g/mol. The molecule has 56 heavy (non-hydrogen) atoms. The molecule has 8 nitrogen and oxygen atoms in total. The lowest BCUT2D eigenvalue weighted by atomic mass is 9.43. The lowest BCUT2D eigenvalue weighted by molar-refractivity contribution is -0.173. The molecule has 0 heterocycles. The molecule has 2 fully saturated rings. The number of carbonyl (C=O) groups excluding carboxylic acids is 2. The van der Waals surface area contributed by atoms with Crippen molar-refractivity contribution in [1.29, 1.82) is 0 Å². The third-order valence-corrected chi connectivity index (χ3v) is 20.1. The van der Waals surface area contributed by atoms with E-state index >= 15 is 0 Å². The molecule has 4 aliphatic rings. The monoisotopic (exact) mass is 856 g/mol. The van der Waals surface area contributed by atoms with Crippen molar-refractivity contribution in [3.05, 3.63) is 11.1 Å². The first-order valence-corrected chi connectivity index (χ1v) is 26.2. The van der Waals surface area contributed by atoms with Gasteiger partial charge in [-0.2, -0.15) is 0 Å². The van der Waals surface area contributed by atoms with E-state index in [0.717, 1.165) is 44.9 Å². The third-order valence-electron chi connectivity index (χ3n) is 14.9. The molecule has 0 spiro atoms. The first-order chi connectivity index (χ1) is 26.1. The summed E-state index contributed by atoms with van der Waals surface area (Å²) in [6.07, 6.45) is 12.5. The predicted molar refractivity (Wildman–Crippen MR) is 235 cm³/mol. The Balaban J connectivity index is 1.32. The maximum absolute atomic E-state index is 13.3. The number of hydrogen-bond acceptors (Lipinski definition) is 10. The highest BCUT2D eigenvalue weighted by atomic mass is 33.1. The van der Waals surface area contributed by atoms with Gasteiger partial charge in [0.1, 0.15) is 11.7 Å². The summed E-state index contributed by atoms with van der Waals surface area (Å²) in [4.78, 5) is 47.7. The van der Waals surface area contributed by atoms with Crippen LogP contribution in [0, 0.1) is 51.2 Å². The normalized spacial score (nSPS) is 31.4. The van der Waals surface area contributed by atoms with Crippen LogP contribution in [0.2, 0.25) is 0 Å². The van der Waals surface area contributed by atoms with E-state index in [1.807, 2.05) is 20.8 Å². The Morgan fingerprint density at radius 2 is 1.45 bits per heavy atom. The van der Waals surface area contributed by atoms with Crippen LogP contribution in [-0.2, 0) is 28.7 Å². The van der Waals surface area contributed by atoms with Crippen LogP contribution in [0.15, 0.2) is 11.1 Å². The number of carbonyl (C=O) groups is 4. The number of rotatable bonds is 21. The number of allylic oxidation sites excluding steroid dienone is 2. The van der Waals surface area contributed by atoms with Crippen LogP contribution >= 0.6 is 43.2 Å². The van der Waals surface area contributed by atoms with Gasteiger partial charge in [0.25, 0.3) is 0 Å². The van der Waals surface area contributed by atoms with Crippen LogP contribution in [0.1, 0.15) is 153 Å². The number of carboxylic acid groups (broad SMARTS) is 2. The van der Waals surface area contributed by atoms with Crippen molar-refractivity contribution in [3.63, 3.8) is 0 Å². The average molecular weight is 857 g/mol. The second-order valence-corrected chi connectivity index (χ2v) is 24.8. The summed E-state index contributed by atoms with van der Waals surface area (Å²) in [6, 6.07) is 0. The van der Waals surface area contributed by atoms with Gasteiger partial charge >= 0.3 is 23.9 Å². The molecule has 320 valence electrons. The van der Waals surface area contributed by atoms with Crippen LogP contribution in [-0.4, -0.2) is 68.8 Å². The van der Waals surface area contributed by atoms with Crippen molar-refractivity contribution >= 4 is 67.1 Å². The fourth-order valence-corrected chi connectivity index (χ4v) is 16.0. The minimum atomic E-state index is -0.797. The fourth-order valence-electron chi connectivity index (χ4n) is 11.4. The number of fused-ring (bicyclic) bond motifs is 4. The lowest BCUT2D eigenvalue weighted by Gasteiger charge is -2.62. The van der Waals surface area contributed by atoms with E-state index < -0.39 is 23.5 Å². The van der Waals surface area contributed by atoms with E-state index in [1.54, 1.807) is 28.9 Å².